The molecule has 0 aromatic heterocycles. The van der Waals surface area contributed by atoms with E-state index in [4.69, 9.17) is 5.26 Å². The van der Waals surface area contributed by atoms with Gasteiger partial charge >= 0.3 is 0 Å². The highest BCUT2D eigenvalue weighted by Crippen LogP contribution is 2.18. The molecule has 0 fully saturated rings. The molecule has 0 spiro atoms. The van der Waals surface area contributed by atoms with E-state index in [-0.39, 0.29) is 10.5 Å². The van der Waals surface area contributed by atoms with Crippen LogP contribution in [0, 0.1) is 11.3 Å². The first-order valence-electron chi connectivity index (χ1n) is 5.35. The molecule has 0 atom stereocenters. The van der Waals surface area contributed by atoms with Crippen LogP contribution in [0.4, 0.5) is 0 Å². The number of hydrogen-bond acceptors (Lipinski definition) is 3. The summed E-state index contributed by atoms with van der Waals surface area (Å²) in [5.41, 5.74) is -0.367. The summed E-state index contributed by atoms with van der Waals surface area (Å²) in [6.07, 6.45) is 0.668. The van der Waals surface area contributed by atoms with Crippen LogP contribution in [-0.2, 0) is 10.0 Å². The third-order valence-corrected chi connectivity index (χ3v) is 4.35. The number of nitrogens with zero attached hydrogens (tertiary/aromatic N) is 1. The molecule has 0 aliphatic rings. The van der Waals surface area contributed by atoms with Gasteiger partial charge in [-0.15, -0.1) is 0 Å². The van der Waals surface area contributed by atoms with Gasteiger partial charge in [0.25, 0.3) is 0 Å². The highest BCUT2D eigenvalue weighted by molar-refractivity contribution is 7.89. The largest absolute Gasteiger partial charge is 0.242 e. The van der Waals surface area contributed by atoms with Crippen LogP contribution in [0.3, 0.4) is 0 Å². The summed E-state index contributed by atoms with van der Waals surface area (Å²) >= 11 is 0. The monoisotopic (exact) mass is 252 g/mol. The van der Waals surface area contributed by atoms with Crippen molar-refractivity contribution in [3.63, 3.8) is 0 Å². The standard InChI is InChI=1S/C12H16N2O2S/c1-4-12(2,3)14-17(15,16)11-8-6-5-7-10(11)9-13/h5-8,14H,4H2,1-3H3. The Hall–Kier alpha value is -1.38. The molecule has 0 saturated carbocycles. The maximum absolute atomic E-state index is 12.1. The van der Waals surface area contributed by atoms with E-state index >= 15 is 0 Å². The molecule has 1 aromatic carbocycles. The van der Waals surface area contributed by atoms with Gasteiger partial charge in [-0.25, -0.2) is 13.1 Å². The summed E-state index contributed by atoms with van der Waals surface area (Å²) < 4.78 is 26.8. The van der Waals surface area contributed by atoms with E-state index in [0.29, 0.717) is 6.42 Å². The molecule has 0 aliphatic carbocycles. The summed E-state index contributed by atoms with van der Waals surface area (Å²) in [6.45, 7) is 5.51. The first-order chi connectivity index (χ1) is 7.82. The molecule has 1 N–H and O–H groups in total. The molecular formula is C12H16N2O2S. The fourth-order valence-electron chi connectivity index (χ4n) is 1.28. The van der Waals surface area contributed by atoms with Crippen LogP contribution in [0.25, 0.3) is 0 Å². The van der Waals surface area contributed by atoms with Crippen LogP contribution in [0.1, 0.15) is 32.8 Å². The van der Waals surface area contributed by atoms with Gasteiger partial charge in [0.2, 0.25) is 10.0 Å². The molecule has 0 unspecified atom stereocenters. The Morgan fingerprint density at radius 2 is 1.94 bits per heavy atom. The molecule has 0 amide bonds. The molecule has 92 valence electrons. The normalized spacial score (nSPS) is 12.1. The van der Waals surface area contributed by atoms with E-state index < -0.39 is 15.6 Å². The lowest BCUT2D eigenvalue weighted by atomic mass is 10.0. The van der Waals surface area contributed by atoms with Crippen molar-refractivity contribution >= 4 is 10.0 Å². The lowest BCUT2D eigenvalue weighted by Gasteiger charge is -2.24. The predicted octanol–water partition coefficient (Wildman–Crippen LogP) is 2.03. The Morgan fingerprint density at radius 3 is 2.47 bits per heavy atom. The molecule has 4 nitrogen and oxygen atoms in total. The van der Waals surface area contributed by atoms with Crippen molar-refractivity contribution in [1.82, 2.24) is 4.72 Å². The van der Waals surface area contributed by atoms with Crippen molar-refractivity contribution in [1.29, 1.82) is 5.26 Å². The van der Waals surface area contributed by atoms with E-state index in [2.05, 4.69) is 4.72 Å². The Bertz CT molecular complexity index is 542. The summed E-state index contributed by atoms with van der Waals surface area (Å²) in [5, 5.41) is 8.90. The lowest BCUT2D eigenvalue weighted by molar-refractivity contribution is 0.439. The molecular weight excluding hydrogens is 236 g/mol. The zero-order chi connectivity index (χ0) is 13.1. The Labute approximate surface area is 102 Å². The van der Waals surface area contributed by atoms with Gasteiger partial charge < -0.3 is 0 Å². The van der Waals surface area contributed by atoms with Gasteiger partial charge in [0.05, 0.1) is 10.5 Å². The smallest absolute Gasteiger partial charge is 0.207 e. The number of sulfonamides is 1. The molecule has 0 saturated heterocycles. The summed E-state index contributed by atoms with van der Waals surface area (Å²) in [6, 6.07) is 8.06. The third-order valence-electron chi connectivity index (χ3n) is 2.59. The third kappa shape index (κ3) is 3.29. The molecule has 0 aliphatic heterocycles. The van der Waals surface area contributed by atoms with Gasteiger partial charge in [-0.05, 0) is 32.4 Å². The van der Waals surface area contributed by atoms with Crippen molar-refractivity contribution in [3.8, 4) is 6.07 Å². The number of nitriles is 1. The lowest BCUT2D eigenvalue weighted by Crippen LogP contribution is -2.42. The maximum atomic E-state index is 12.1. The van der Waals surface area contributed by atoms with Gasteiger partial charge in [0.15, 0.2) is 0 Å². The minimum atomic E-state index is -3.65. The summed E-state index contributed by atoms with van der Waals surface area (Å²) in [4.78, 5) is 0.0315. The van der Waals surface area contributed by atoms with Crippen molar-refractivity contribution in [2.45, 2.75) is 37.6 Å². The highest BCUT2D eigenvalue weighted by Gasteiger charge is 2.26. The number of benzene rings is 1. The molecule has 1 rings (SSSR count). The molecule has 0 radical (unpaired) electrons. The van der Waals surface area contributed by atoms with Crippen molar-refractivity contribution < 1.29 is 8.42 Å². The number of nitrogens with one attached hydrogen (secondary N) is 1. The fourth-order valence-corrected chi connectivity index (χ4v) is 2.93. The van der Waals surface area contributed by atoms with Crippen LogP contribution >= 0.6 is 0 Å². The molecule has 5 heteroatoms. The van der Waals surface area contributed by atoms with Crippen LogP contribution < -0.4 is 4.72 Å². The van der Waals surface area contributed by atoms with Crippen LogP contribution in [0.15, 0.2) is 29.2 Å². The van der Waals surface area contributed by atoms with Crippen LogP contribution in [0.5, 0.6) is 0 Å². The average molecular weight is 252 g/mol. The van der Waals surface area contributed by atoms with Gasteiger partial charge in [-0.3, -0.25) is 0 Å². The highest BCUT2D eigenvalue weighted by atomic mass is 32.2. The second kappa shape index (κ2) is 4.86. The van der Waals surface area contributed by atoms with Gasteiger partial charge in [0.1, 0.15) is 6.07 Å². The molecule has 1 aromatic rings. The molecule has 0 bridgehead atoms. The first-order valence-corrected chi connectivity index (χ1v) is 6.84. The predicted molar refractivity (Wildman–Crippen MR) is 65.8 cm³/mol. The minimum absolute atomic E-state index is 0.0315. The summed E-state index contributed by atoms with van der Waals surface area (Å²) in [7, 11) is -3.65. The average Bonchev–Trinajstić information content (AvgIpc) is 2.28. The van der Waals surface area contributed by atoms with Crippen LogP contribution in [-0.4, -0.2) is 14.0 Å². The number of rotatable bonds is 4. The fraction of sp³-hybridized carbons (Fsp3) is 0.417. The van der Waals surface area contributed by atoms with E-state index in [1.807, 2.05) is 13.0 Å². The second-order valence-electron chi connectivity index (χ2n) is 4.45. The second-order valence-corrected chi connectivity index (χ2v) is 6.10. The van der Waals surface area contributed by atoms with Crippen molar-refractivity contribution in [2.75, 3.05) is 0 Å². The zero-order valence-corrected chi connectivity index (χ0v) is 11.0. The Kier molecular flexibility index (Phi) is 3.91. The van der Waals surface area contributed by atoms with E-state index in [1.54, 1.807) is 26.0 Å². The molecule has 17 heavy (non-hydrogen) atoms. The minimum Gasteiger partial charge on any atom is -0.207 e. The van der Waals surface area contributed by atoms with Gasteiger partial charge in [-0.1, -0.05) is 19.1 Å². The zero-order valence-electron chi connectivity index (χ0n) is 10.2. The number of hydrogen-bond donors (Lipinski definition) is 1. The van der Waals surface area contributed by atoms with Gasteiger partial charge in [-0.2, -0.15) is 5.26 Å². The van der Waals surface area contributed by atoms with Crippen LogP contribution in [0.2, 0.25) is 0 Å². The van der Waals surface area contributed by atoms with E-state index in [0.717, 1.165) is 0 Å². The Balaban J connectivity index is 3.20. The Morgan fingerprint density at radius 1 is 1.35 bits per heavy atom. The van der Waals surface area contributed by atoms with Crippen molar-refractivity contribution in [2.24, 2.45) is 0 Å². The molecule has 0 heterocycles. The quantitative estimate of drug-likeness (QED) is 0.891. The van der Waals surface area contributed by atoms with E-state index in [9.17, 15) is 8.42 Å². The SMILES string of the molecule is CCC(C)(C)NS(=O)(=O)c1ccccc1C#N. The first kappa shape index (κ1) is 13.7. The topological polar surface area (TPSA) is 70.0 Å². The summed E-state index contributed by atoms with van der Waals surface area (Å²) in [5.74, 6) is 0. The van der Waals surface area contributed by atoms with E-state index in [1.165, 1.54) is 12.1 Å². The maximum Gasteiger partial charge on any atom is 0.242 e. The van der Waals surface area contributed by atoms with Gasteiger partial charge in [0, 0.05) is 5.54 Å². The van der Waals surface area contributed by atoms with Crippen molar-refractivity contribution in [3.05, 3.63) is 29.8 Å².